The molecule has 1 fully saturated rings. The molecule has 0 aliphatic carbocycles. The fraction of sp³-hybridized carbons (Fsp3) is 0.529. The van der Waals surface area contributed by atoms with Crippen molar-refractivity contribution in [1.82, 2.24) is 4.90 Å². The highest BCUT2D eigenvalue weighted by Crippen LogP contribution is 2.18. The Hall–Kier alpha value is -1.44. The van der Waals surface area contributed by atoms with Gasteiger partial charge in [-0.25, -0.2) is 0 Å². The van der Waals surface area contributed by atoms with Crippen molar-refractivity contribution in [3.05, 3.63) is 24.3 Å². The van der Waals surface area contributed by atoms with Crippen LogP contribution in [0.3, 0.4) is 0 Å². The van der Waals surface area contributed by atoms with Crippen LogP contribution in [0.1, 0.15) is 19.3 Å². The maximum absolute atomic E-state index is 12.0. The number of hydrogen-bond donors (Lipinski definition) is 2. The number of amides is 2. The summed E-state index contributed by atoms with van der Waals surface area (Å²) in [5, 5.41) is 2.79. The maximum atomic E-state index is 12.0. The number of nitrogens with zero attached hydrogens (tertiary/aromatic N) is 1. The normalized spacial score (nSPS) is 14.6. The zero-order valence-corrected chi connectivity index (χ0v) is 16.0. The predicted octanol–water partition coefficient (Wildman–Crippen LogP) is 2.13. The van der Waals surface area contributed by atoms with E-state index in [4.69, 9.17) is 10.5 Å². The molecule has 140 valence electrons. The number of thioether (sulfide) groups is 1. The first-order chi connectivity index (χ1) is 11.6. The van der Waals surface area contributed by atoms with Gasteiger partial charge in [-0.1, -0.05) is 6.07 Å². The summed E-state index contributed by atoms with van der Waals surface area (Å²) in [6, 6.07) is 6.49. The van der Waals surface area contributed by atoms with Crippen LogP contribution in [-0.4, -0.2) is 54.5 Å². The molecule has 0 spiro atoms. The first-order valence-corrected chi connectivity index (χ1v) is 9.55. The van der Waals surface area contributed by atoms with Crippen molar-refractivity contribution in [2.24, 2.45) is 5.73 Å². The molecule has 6 nitrogen and oxygen atoms in total. The molecule has 3 N–H and O–H groups in total. The standard InChI is InChI=1S/C17H25N3O3S.ClH/c1-24-10-7-15(18)17(22)19-13-5-4-6-14(11-13)23-12-16(21)20-8-2-3-9-20;/h4-6,11,15H,2-3,7-10,12,18H2,1H3,(H,19,22);1H/t15-;/m0./s1. The summed E-state index contributed by atoms with van der Waals surface area (Å²) in [7, 11) is 0. The molecule has 2 amide bonds. The molecular formula is C17H26ClN3O3S. The van der Waals surface area contributed by atoms with Crippen molar-refractivity contribution >= 4 is 41.7 Å². The molecule has 1 aromatic carbocycles. The molecule has 8 heteroatoms. The van der Waals surface area contributed by atoms with E-state index in [-0.39, 0.29) is 30.8 Å². The molecule has 0 saturated carbocycles. The Labute approximate surface area is 159 Å². The zero-order chi connectivity index (χ0) is 17.4. The van der Waals surface area contributed by atoms with Gasteiger partial charge in [-0.05, 0) is 43.4 Å². The number of carbonyl (C=O) groups is 2. The predicted molar refractivity (Wildman–Crippen MR) is 105 cm³/mol. The Bertz CT molecular complexity index is 568. The fourth-order valence-electron chi connectivity index (χ4n) is 2.48. The minimum Gasteiger partial charge on any atom is -0.484 e. The number of rotatable bonds is 8. The van der Waals surface area contributed by atoms with Crippen LogP contribution in [0.5, 0.6) is 5.75 Å². The van der Waals surface area contributed by atoms with Gasteiger partial charge < -0.3 is 20.7 Å². The van der Waals surface area contributed by atoms with Crippen LogP contribution in [0.25, 0.3) is 0 Å². The SMILES string of the molecule is CSCC[C@H](N)C(=O)Nc1cccc(OCC(=O)N2CCCC2)c1.Cl. The fourth-order valence-corrected chi connectivity index (χ4v) is 2.97. The molecule has 1 saturated heterocycles. The van der Waals surface area contributed by atoms with Gasteiger partial charge in [0, 0.05) is 24.8 Å². The highest BCUT2D eigenvalue weighted by Gasteiger charge is 2.18. The van der Waals surface area contributed by atoms with E-state index in [1.165, 1.54) is 0 Å². The number of anilines is 1. The van der Waals surface area contributed by atoms with Gasteiger partial charge >= 0.3 is 0 Å². The molecule has 2 rings (SSSR count). The van der Waals surface area contributed by atoms with E-state index in [2.05, 4.69) is 5.32 Å². The minimum absolute atomic E-state index is 0. The number of nitrogens with two attached hydrogens (primary N) is 1. The lowest BCUT2D eigenvalue weighted by Gasteiger charge is -2.16. The third kappa shape index (κ3) is 7.13. The van der Waals surface area contributed by atoms with Crippen LogP contribution < -0.4 is 15.8 Å². The molecule has 1 aromatic rings. The van der Waals surface area contributed by atoms with Crippen LogP contribution in [0.15, 0.2) is 24.3 Å². The number of halogens is 1. The lowest BCUT2D eigenvalue weighted by atomic mass is 10.2. The highest BCUT2D eigenvalue weighted by atomic mass is 35.5. The number of hydrogen-bond acceptors (Lipinski definition) is 5. The Morgan fingerprint density at radius 1 is 1.36 bits per heavy atom. The van der Waals surface area contributed by atoms with Gasteiger partial charge in [0.15, 0.2) is 6.61 Å². The highest BCUT2D eigenvalue weighted by molar-refractivity contribution is 7.98. The third-order valence-corrected chi connectivity index (χ3v) is 4.54. The number of likely N-dealkylation sites (tertiary alicyclic amines) is 1. The number of ether oxygens (including phenoxy) is 1. The quantitative estimate of drug-likeness (QED) is 0.713. The number of carbonyl (C=O) groups excluding carboxylic acids is 2. The van der Waals surface area contributed by atoms with Crippen LogP contribution in [-0.2, 0) is 9.59 Å². The largest absolute Gasteiger partial charge is 0.484 e. The van der Waals surface area contributed by atoms with Gasteiger partial charge in [0.1, 0.15) is 5.75 Å². The molecule has 1 heterocycles. The molecule has 1 aliphatic rings. The van der Waals surface area contributed by atoms with Crippen molar-refractivity contribution in [1.29, 1.82) is 0 Å². The summed E-state index contributed by atoms with van der Waals surface area (Å²) in [5.74, 6) is 1.18. The first kappa shape index (κ1) is 21.6. The van der Waals surface area contributed by atoms with E-state index in [0.29, 0.717) is 17.9 Å². The van der Waals surface area contributed by atoms with Crippen LogP contribution in [0, 0.1) is 0 Å². The average Bonchev–Trinajstić information content (AvgIpc) is 3.12. The summed E-state index contributed by atoms with van der Waals surface area (Å²) in [6.45, 7) is 1.64. The van der Waals surface area contributed by atoms with Crippen molar-refractivity contribution in [3.8, 4) is 5.75 Å². The Balaban J connectivity index is 0.00000312. The zero-order valence-electron chi connectivity index (χ0n) is 14.4. The van der Waals surface area contributed by atoms with E-state index < -0.39 is 6.04 Å². The Morgan fingerprint density at radius 3 is 2.76 bits per heavy atom. The smallest absolute Gasteiger partial charge is 0.260 e. The summed E-state index contributed by atoms with van der Waals surface area (Å²) in [6.07, 6.45) is 4.73. The van der Waals surface area contributed by atoms with Gasteiger partial charge in [-0.15, -0.1) is 12.4 Å². The Kier molecular flexibility index (Phi) is 9.70. The third-order valence-electron chi connectivity index (χ3n) is 3.89. The number of benzene rings is 1. The van der Waals surface area contributed by atoms with Crippen LogP contribution >= 0.6 is 24.2 Å². The monoisotopic (exact) mass is 387 g/mol. The van der Waals surface area contributed by atoms with Crippen molar-refractivity contribution in [3.63, 3.8) is 0 Å². The van der Waals surface area contributed by atoms with Crippen molar-refractivity contribution in [2.45, 2.75) is 25.3 Å². The van der Waals surface area contributed by atoms with Gasteiger partial charge in [0.2, 0.25) is 5.91 Å². The summed E-state index contributed by atoms with van der Waals surface area (Å²) in [4.78, 5) is 25.8. The maximum Gasteiger partial charge on any atom is 0.260 e. The second-order valence-corrected chi connectivity index (χ2v) is 6.77. The Morgan fingerprint density at radius 2 is 2.08 bits per heavy atom. The van der Waals surface area contributed by atoms with Gasteiger partial charge in [0.25, 0.3) is 5.91 Å². The van der Waals surface area contributed by atoms with E-state index in [1.807, 2.05) is 11.2 Å². The summed E-state index contributed by atoms with van der Waals surface area (Å²) < 4.78 is 5.55. The van der Waals surface area contributed by atoms with Crippen molar-refractivity contribution in [2.75, 3.05) is 37.0 Å². The second kappa shape index (κ2) is 11.2. The van der Waals surface area contributed by atoms with Crippen LogP contribution in [0.4, 0.5) is 5.69 Å². The lowest BCUT2D eigenvalue weighted by Crippen LogP contribution is -2.36. The lowest BCUT2D eigenvalue weighted by molar-refractivity contribution is -0.132. The number of nitrogens with one attached hydrogen (secondary N) is 1. The van der Waals surface area contributed by atoms with Gasteiger partial charge in [-0.3, -0.25) is 9.59 Å². The minimum atomic E-state index is -0.529. The molecule has 25 heavy (non-hydrogen) atoms. The summed E-state index contributed by atoms with van der Waals surface area (Å²) >= 11 is 1.66. The molecule has 1 aliphatic heterocycles. The van der Waals surface area contributed by atoms with E-state index in [9.17, 15) is 9.59 Å². The van der Waals surface area contributed by atoms with Crippen molar-refractivity contribution < 1.29 is 14.3 Å². The summed E-state index contributed by atoms with van der Waals surface area (Å²) in [5.41, 5.74) is 6.47. The molecule has 0 unspecified atom stereocenters. The molecule has 0 bridgehead atoms. The molecular weight excluding hydrogens is 362 g/mol. The van der Waals surface area contributed by atoms with Gasteiger partial charge in [-0.2, -0.15) is 11.8 Å². The van der Waals surface area contributed by atoms with Gasteiger partial charge in [0.05, 0.1) is 6.04 Å². The second-order valence-electron chi connectivity index (χ2n) is 5.78. The average molecular weight is 388 g/mol. The topological polar surface area (TPSA) is 84.7 Å². The first-order valence-electron chi connectivity index (χ1n) is 8.16. The van der Waals surface area contributed by atoms with E-state index in [1.54, 1.807) is 36.0 Å². The van der Waals surface area contributed by atoms with E-state index >= 15 is 0 Å². The van der Waals surface area contributed by atoms with Crippen LogP contribution in [0.2, 0.25) is 0 Å². The van der Waals surface area contributed by atoms with E-state index in [0.717, 1.165) is 31.7 Å². The molecule has 0 aromatic heterocycles. The molecule has 0 radical (unpaired) electrons. The molecule has 1 atom stereocenters.